The molecule has 2 aromatic heterocycles. The van der Waals surface area contributed by atoms with E-state index in [0.717, 1.165) is 43.1 Å². The van der Waals surface area contributed by atoms with Crippen molar-refractivity contribution in [2.75, 3.05) is 20.1 Å². The lowest BCUT2D eigenvalue weighted by Crippen LogP contribution is -2.29. The van der Waals surface area contributed by atoms with Crippen LogP contribution in [0.25, 0.3) is 11.4 Å². The first-order valence-electron chi connectivity index (χ1n) is 7.80. The Hall–Kier alpha value is -1.75. The molecule has 1 fully saturated rings. The number of nitrogens with zero attached hydrogens (tertiary/aromatic N) is 5. The zero-order valence-corrected chi connectivity index (χ0v) is 12.9. The Bertz CT molecular complexity index is 584. The number of likely N-dealkylation sites (tertiary alicyclic amines) is 1. The van der Waals surface area contributed by atoms with Crippen LogP contribution in [-0.2, 0) is 6.54 Å². The third kappa shape index (κ3) is 3.13. The van der Waals surface area contributed by atoms with Gasteiger partial charge in [-0.25, -0.2) is 4.98 Å². The molecule has 5 nitrogen and oxygen atoms in total. The van der Waals surface area contributed by atoms with E-state index in [2.05, 4.69) is 29.0 Å². The molecular weight excluding hydrogens is 262 g/mol. The molecule has 0 aromatic carbocycles. The van der Waals surface area contributed by atoms with Crippen LogP contribution in [0.5, 0.6) is 0 Å². The van der Waals surface area contributed by atoms with E-state index >= 15 is 0 Å². The molecule has 2 aromatic rings. The van der Waals surface area contributed by atoms with Crippen molar-refractivity contribution in [2.24, 2.45) is 0 Å². The van der Waals surface area contributed by atoms with Crippen LogP contribution >= 0.6 is 0 Å². The monoisotopic (exact) mass is 285 g/mol. The number of hydrogen-bond acceptors (Lipinski definition) is 4. The number of piperidine rings is 1. The molecule has 0 N–H and O–H groups in total. The van der Waals surface area contributed by atoms with Gasteiger partial charge in [-0.3, -0.25) is 9.67 Å². The van der Waals surface area contributed by atoms with Crippen LogP contribution in [0.3, 0.4) is 0 Å². The van der Waals surface area contributed by atoms with Crippen LogP contribution in [0.2, 0.25) is 0 Å². The first-order valence-corrected chi connectivity index (χ1v) is 7.80. The Balaban J connectivity index is 1.84. The van der Waals surface area contributed by atoms with E-state index in [4.69, 9.17) is 4.98 Å². The molecule has 0 unspecified atom stereocenters. The summed E-state index contributed by atoms with van der Waals surface area (Å²) in [7, 11) is 2.18. The van der Waals surface area contributed by atoms with Gasteiger partial charge >= 0.3 is 0 Å². The molecule has 0 bridgehead atoms. The van der Waals surface area contributed by atoms with Crippen molar-refractivity contribution in [2.45, 2.75) is 38.6 Å². The fourth-order valence-electron chi connectivity index (χ4n) is 2.95. The first kappa shape index (κ1) is 14.2. The SMILES string of the molecule is CCCn1nccc1-c1cncc(C2CCN(C)CC2)n1. The summed E-state index contributed by atoms with van der Waals surface area (Å²) in [6.45, 7) is 5.36. The van der Waals surface area contributed by atoms with Gasteiger partial charge in [0.2, 0.25) is 0 Å². The minimum absolute atomic E-state index is 0.538. The fraction of sp³-hybridized carbons (Fsp3) is 0.562. The van der Waals surface area contributed by atoms with Crippen LogP contribution in [0.1, 0.15) is 37.8 Å². The molecular formula is C16H23N5. The summed E-state index contributed by atoms with van der Waals surface area (Å²) >= 11 is 0. The average Bonchev–Trinajstić information content (AvgIpc) is 2.97. The lowest BCUT2D eigenvalue weighted by atomic mass is 9.94. The number of aryl methyl sites for hydroxylation is 1. The predicted molar refractivity (Wildman–Crippen MR) is 83.0 cm³/mol. The van der Waals surface area contributed by atoms with Crippen molar-refractivity contribution in [3.63, 3.8) is 0 Å². The Morgan fingerprint density at radius 3 is 2.81 bits per heavy atom. The molecule has 1 aliphatic heterocycles. The largest absolute Gasteiger partial charge is 0.306 e. The average molecular weight is 285 g/mol. The molecule has 0 spiro atoms. The highest BCUT2D eigenvalue weighted by atomic mass is 15.3. The number of hydrogen-bond donors (Lipinski definition) is 0. The van der Waals surface area contributed by atoms with Crippen LogP contribution in [0, 0.1) is 0 Å². The lowest BCUT2D eigenvalue weighted by molar-refractivity contribution is 0.253. The third-order valence-corrected chi connectivity index (χ3v) is 4.20. The van der Waals surface area contributed by atoms with E-state index in [1.807, 2.05) is 29.3 Å². The van der Waals surface area contributed by atoms with Crippen molar-refractivity contribution in [1.29, 1.82) is 0 Å². The molecule has 0 saturated carbocycles. The standard InChI is InChI=1S/C16H23N5/c1-3-8-21-16(4-7-18-21)15-12-17-11-14(19-15)13-5-9-20(2)10-6-13/h4,7,11-13H,3,5-6,8-10H2,1-2H3. The van der Waals surface area contributed by atoms with Crippen molar-refractivity contribution < 1.29 is 0 Å². The van der Waals surface area contributed by atoms with E-state index in [1.165, 1.54) is 12.8 Å². The molecule has 0 aliphatic carbocycles. The van der Waals surface area contributed by atoms with Gasteiger partial charge in [0.15, 0.2) is 0 Å². The molecule has 1 saturated heterocycles. The molecule has 3 rings (SSSR count). The summed E-state index contributed by atoms with van der Waals surface area (Å²) in [5.74, 6) is 0.538. The fourth-order valence-corrected chi connectivity index (χ4v) is 2.95. The molecule has 5 heteroatoms. The summed E-state index contributed by atoms with van der Waals surface area (Å²) in [5.41, 5.74) is 3.14. The summed E-state index contributed by atoms with van der Waals surface area (Å²) in [6.07, 6.45) is 9.03. The van der Waals surface area contributed by atoms with E-state index in [-0.39, 0.29) is 0 Å². The summed E-state index contributed by atoms with van der Waals surface area (Å²) in [4.78, 5) is 11.7. The Morgan fingerprint density at radius 1 is 1.24 bits per heavy atom. The van der Waals surface area contributed by atoms with Crippen LogP contribution < -0.4 is 0 Å². The molecule has 112 valence electrons. The highest BCUT2D eigenvalue weighted by molar-refractivity contribution is 5.52. The topological polar surface area (TPSA) is 46.8 Å². The van der Waals surface area contributed by atoms with Crippen LogP contribution in [0.15, 0.2) is 24.7 Å². The molecule has 0 radical (unpaired) electrons. The zero-order valence-electron chi connectivity index (χ0n) is 12.9. The summed E-state index contributed by atoms with van der Waals surface area (Å²) in [5, 5.41) is 4.38. The Kier molecular flexibility index (Phi) is 4.29. The molecule has 0 amide bonds. The van der Waals surface area contributed by atoms with E-state index < -0.39 is 0 Å². The van der Waals surface area contributed by atoms with Crippen LogP contribution in [-0.4, -0.2) is 44.8 Å². The van der Waals surface area contributed by atoms with Crippen LogP contribution in [0.4, 0.5) is 0 Å². The second-order valence-electron chi connectivity index (χ2n) is 5.85. The van der Waals surface area contributed by atoms with Gasteiger partial charge in [0, 0.05) is 24.9 Å². The first-order chi connectivity index (χ1) is 10.3. The lowest BCUT2D eigenvalue weighted by Gasteiger charge is -2.28. The van der Waals surface area contributed by atoms with Gasteiger partial charge < -0.3 is 4.90 Å². The van der Waals surface area contributed by atoms with E-state index in [0.29, 0.717) is 5.92 Å². The van der Waals surface area contributed by atoms with E-state index in [1.54, 1.807) is 0 Å². The maximum atomic E-state index is 4.86. The normalized spacial score (nSPS) is 17.2. The van der Waals surface area contributed by atoms with Crippen molar-refractivity contribution in [3.8, 4) is 11.4 Å². The van der Waals surface area contributed by atoms with Gasteiger partial charge in [-0.2, -0.15) is 5.10 Å². The molecule has 1 aliphatic rings. The predicted octanol–water partition coefficient (Wildman–Crippen LogP) is 2.56. The third-order valence-electron chi connectivity index (χ3n) is 4.20. The highest BCUT2D eigenvalue weighted by Crippen LogP contribution is 2.27. The zero-order chi connectivity index (χ0) is 14.7. The molecule has 21 heavy (non-hydrogen) atoms. The van der Waals surface area contributed by atoms with E-state index in [9.17, 15) is 0 Å². The number of rotatable bonds is 4. The van der Waals surface area contributed by atoms with Gasteiger partial charge in [0.25, 0.3) is 0 Å². The van der Waals surface area contributed by atoms with Gasteiger partial charge in [-0.05, 0) is 45.5 Å². The minimum Gasteiger partial charge on any atom is -0.306 e. The quantitative estimate of drug-likeness (QED) is 0.866. The molecule has 3 heterocycles. The van der Waals surface area contributed by atoms with Gasteiger partial charge in [-0.15, -0.1) is 0 Å². The van der Waals surface area contributed by atoms with Gasteiger partial charge in [-0.1, -0.05) is 6.92 Å². The maximum Gasteiger partial charge on any atom is 0.107 e. The smallest absolute Gasteiger partial charge is 0.107 e. The van der Waals surface area contributed by atoms with Crippen molar-refractivity contribution in [3.05, 3.63) is 30.4 Å². The second-order valence-corrected chi connectivity index (χ2v) is 5.85. The van der Waals surface area contributed by atoms with Gasteiger partial charge in [0.05, 0.1) is 17.6 Å². The second kappa shape index (κ2) is 6.35. The van der Waals surface area contributed by atoms with Crippen molar-refractivity contribution in [1.82, 2.24) is 24.6 Å². The minimum atomic E-state index is 0.538. The maximum absolute atomic E-state index is 4.86. The summed E-state index contributed by atoms with van der Waals surface area (Å²) < 4.78 is 2.02. The molecule has 0 atom stereocenters. The van der Waals surface area contributed by atoms with Crippen molar-refractivity contribution >= 4 is 0 Å². The number of aromatic nitrogens is 4. The Labute approximate surface area is 126 Å². The highest BCUT2D eigenvalue weighted by Gasteiger charge is 2.20. The summed E-state index contributed by atoms with van der Waals surface area (Å²) in [6, 6.07) is 2.03. The van der Waals surface area contributed by atoms with Gasteiger partial charge in [0.1, 0.15) is 5.69 Å². The Morgan fingerprint density at radius 2 is 2.05 bits per heavy atom.